The average Bonchev–Trinajstić information content (AvgIpc) is 3.36. The van der Waals surface area contributed by atoms with Gasteiger partial charge in [-0.15, -0.1) is 11.8 Å². The second-order valence-electron chi connectivity index (χ2n) is 7.39. The number of halogens is 2. The Hall–Kier alpha value is -2.59. The molecular weight excluding hydrogens is 503 g/mol. The highest BCUT2D eigenvalue weighted by Crippen LogP contribution is 2.53. The number of carboxylic acids is 1. The van der Waals surface area contributed by atoms with Gasteiger partial charge >= 0.3 is 5.97 Å². The topological polar surface area (TPSA) is 90.1 Å². The number of carbonyl (C=O) groups is 1. The zero-order valence-corrected chi connectivity index (χ0v) is 20.7. The van der Waals surface area contributed by atoms with Gasteiger partial charge in [0.05, 0.1) is 38.9 Å². The normalized spacial score (nSPS) is 14.6. The van der Waals surface area contributed by atoms with Gasteiger partial charge in [0, 0.05) is 28.1 Å². The molecule has 0 saturated heterocycles. The Balaban J connectivity index is 1.69. The molecule has 11 heteroatoms. The van der Waals surface area contributed by atoms with Gasteiger partial charge in [-0.25, -0.2) is 9.78 Å². The van der Waals surface area contributed by atoms with Crippen LogP contribution in [0.25, 0.3) is 27.5 Å². The molecule has 0 amide bonds. The molecule has 7 nitrogen and oxygen atoms in total. The van der Waals surface area contributed by atoms with Crippen LogP contribution in [0, 0.1) is 6.92 Å². The van der Waals surface area contributed by atoms with Crippen molar-refractivity contribution < 1.29 is 14.6 Å². The maximum absolute atomic E-state index is 12.4. The third kappa shape index (κ3) is 3.69. The first kappa shape index (κ1) is 22.2. The van der Waals surface area contributed by atoms with E-state index in [1.807, 2.05) is 12.1 Å². The predicted molar refractivity (Wildman–Crippen MR) is 130 cm³/mol. The third-order valence-electron chi connectivity index (χ3n) is 5.34. The van der Waals surface area contributed by atoms with Crippen LogP contribution in [0.15, 0.2) is 34.8 Å². The lowest BCUT2D eigenvalue weighted by atomic mass is 10.0. The van der Waals surface area contributed by atoms with E-state index in [0.717, 1.165) is 21.0 Å². The van der Waals surface area contributed by atoms with Crippen molar-refractivity contribution in [3.63, 3.8) is 0 Å². The summed E-state index contributed by atoms with van der Waals surface area (Å²) in [4.78, 5) is 21.3. The van der Waals surface area contributed by atoms with Crippen LogP contribution < -0.4 is 4.74 Å². The van der Waals surface area contributed by atoms with Gasteiger partial charge < -0.3 is 9.84 Å². The van der Waals surface area contributed by atoms with Crippen molar-refractivity contribution in [2.24, 2.45) is 0 Å². The summed E-state index contributed by atoms with van der Waals surface area (Å²) in [5.74, 6) is -0.587. The van der Waals surface area contributed by atoms with Crippen LogP contribution in [0.1, 0.15) is 33.9 Å². The average molecular weight is 519 g/mol. The quantitative estimate of drug-likeness (QED) is 0.327. The fourth-order valence-corrected chi connectivity index (χ4v) is 6.71. The monoisotopic (exact) mass is 518 g/mol. The summed E-state index contributed by atoms with van der Waals surface area (Å²) >= 11 is 15.6. The molecule has 33 heavy (non-hydrogen) atoms. The number of hydrogen-bond acceptors (Lipinski definition) is 7. The van der Waals surface area contributed by atoms with Crippen LogP contribution in [-0.4, -0.2) is 37.9 Å². The van der Waals surface area contributed by atoms with E-state index < -0.39 is 5.97 Å². The Morgan fingerprint density at radius 3 is 2.70 bits per heavy atom. The molecule has 0 bridgehead atoms. The van der Waals surface area contributed by atoms with Gasteiger partial charge in [0.2, 0.25) is 5.13 Å². The van der Waals surface area contributed by atoms with Gasteiger partial charge in [0.1, 0.15) is 5.75 Å². The molecule has 1 atom stereocenters. The molecule has 0 fully saturated rings. The first-order valence-corrected chi connectivity index (χ1v) is 12.2. The molecule has 1 aliphatic heterocycles. The number of rotatable bonds is 4. The lowest BCUT2D eigenvalue weighted by molar-refractivity contribution is 0.0688. The van der Waals surface area contributed by atoms with Crippen LogP contribution in [0.2, 0.25) is 10.0 Å². The van der Waals surface area contributed by atoms with Crippen LogP contribution in [-0.2, 0) is 0 Å². The van der Waals surface area contributed by atoms with Crippen LogP contribution in [0.3, 0.4) is 0 Å². The number of fused-ring (bicyclic) bond motifs is 3. The van der Waals surface area contributed by atoms with Gasteiger partial charge in [-0.1, -0.05) is 34.5 Å². The third-order valence-corrected chi connectivity index (χ3v) is 8.44. The first-order valence-electron chi connectivity index (χ1n) is 9.78. The molecule has 4 heterocycles. The minimum absolute atomic E-state index is 0.0149. The van der Waals surface area contributed by atoms with Crippen molar-refractivity contribution in [1.82, 2.24) is 19.7 Å². The molecule has 0 aliphatic carbocycles. The van der Waals surface area contributed by atoms with Crippen LogP contribution >= 0.6 is 46.3 Å². The number of aromatic carboxylic acids is 1. The van der Waals surface area contributed by atoms with Gasteiger partial charge in [-0.05, 0) is 37.6 Å². The Labute approximate surface area is 207 Å². The van der Waals surface area contributed by atoms with Crippen molar-refractivity contribution >= 4 is 52.3 Å². The van der Waals surface area contributed by atoms with Crippen molar-refractivity contribution in [2.75, 3.05) is 7.11 Å². The molecule has 1 N–H and O–H groups in total. The summed E-state index contributed by atoms with van der Waals surface area (Å²) in [5.41, 5.74) is 4.32. The lowest BCUT2D eigenvalue weighted by Crippen LogP contribution is -2.09. The maximum atomic E-state index is 12.4. The molecule has 1 unspecified atom stereocenters. The number of pyridine rings is 1. The smallest absolute Gasteiger partial charge is 0.355 e. The largest absolute Gasteiger partial charge is 0.495 e. The summed E-state index contributed by atoms with van der Waals surface area (Å²) in [6, 6.07) is 5.42. The van der Waals surface area contributed by atoms with Gasteiger partial charge in [0.15, 0.2) is 5.69 Å². The zero-order chi connectivity index (χ0) is 23.4. The van der Waals surface area contributed by atoms with E-state index in [-0.39, 0.29) is 10.9 Å². The summed E-state index contributed by atoms with van der Waals surface area (Å²) in [6.07, 6.45) is 3.15. The standard InChI is InChI=1S/C22H16Cl2N4O3S2/c1-9-17(11-4-12(31-3)8-25-7-11)19(20(29)30)28(27-9)22-26-18-14-6-16(24)15(23)5-13(14)10(2)32-21(18)33-22/h4-8,10H,1-3H3,(H,29,30). The SMILES string of the molecule is COc1cncc(-c2c(C)nn(-c3nc4c(s3)SC(C)c3cc(Cl)c(Cl)cc3-4)c2C(=O)O)c1. The highest BCUT2D eigenvalue weighted by molar-refractivity contribution is 8.01. The second kappa shape index (κ2) is 8.32. The Morgan fingerprint density at radius 1 is 1.21 bits per heavy atom. The number of hydrogen-bond donors (Lipinski definition) is 1. The number of carboxylic acid groups (broad SMARTS) is 1. The molecule has 4 aromatic rings. The summed E-state index contributed by atoms with van der Waals surface area (Å²) < 4.78 is 7.61. The number of ether oxygens (including phenoxy) is 1. The maximum Gasteiger partial charge on any atom is 0.355 e. The predicted octanol–water partition coefficient (Wildman–Crippen LogP) is 6.55. The highest BCUT2D eigenvalue weighted by atomic mass is 35.5. The minimum Gasteiger partial charge on any atom is -0.495 e. The number of aryl methyl sites for hydroxylation is 1. The van der Waals surface area contributed by atoms with Crippen LogP contribution in [0.5, 0.6) is 5.75 Å². The highest BCUT2D eigenvalue weighted by Gasteiger charge is 2.31. The molecule has 5 rings (SSSR count). The molecule has 3 aromatic heterocycles. The van der Waals surface area contributed by atoms with E-state index in [0.29, 0.717) is 37.7 Å². The van der Waals surface area contributed by atoms with Gasteiger partial charge in [-0.2, -0.15) is 9.78 Å². The second-order valence-corrected chi connectivity index (χ2v) is 10.8. The molecular formula is C22H16Cl2N4O3S2. The molecule has 1 aliphatic rings. The Kier molecular flexibility index (Phi) is 5.60. The zero-order valence-electron chi connectivity index (χ0n) is 17.6. The van der Waals surface area contributed by atoms with Gasteiger partial charge in [-0.3, -0.25) is 4.98 Å². The van der Waals surface area contributed by atoms with E-state index in [9.17, 15) is 9.90 Å². The van der Waals surface area contributed by atoms with E-state index in [4.69, 9.17) is 32.9 Å². The number of thioether (sulfide) groups is 1. The Bertz CT molecular complexity index is 1430. The number of nitrogens with zero attached hydrogens (tertiary/aromatic N) is 4. The molecule has 0 radical (unpaired) electrons. The minimum atomic E-state index is -1.11. The van der Waals surface area contributed by atoms with E-state index in [1.54, 1.807) is 37.1 Å². The fourth-order valence-electron chi connectivity index (χ4n) is 3.84. The van der Waals surface area contributed by atoms with E-state index in [2.05, 4.69) is 17.0 Å². The summed E-state index contributed by atoms with van der Waals surface area (Å²) in [7, 11) is 1.53. The molecule has 1 aromatic carbocycles. The number of benzene rings is 1. The fraction of sp³-hybridized carbons (Fsp3) is 0.182. The van der Waals surface area contributed by atoms with Crippen molar-refractivity contribution in [3.05, 3.63) is 57.6 Å². The van der Waals surface area contributed by atoms with E-state index >= 15 is 0 Å². The van der Waals surface area contributed by atoms with Crippen molar-refractivity contribution in [3.8, 4) is 33.3 Å². The number of thiazole rings is 1. The van der Waals surface area contributed by atoms with Gasteiger partial charge in [0.25, 0.3) is 0 Å². The summed E-state index contributed by atoms with van der Waals surface area (Å²) in [6.45, 7) is 3.85. The number of methoxy groups -OCH3 is 1. The summed E-state index contributed by atoms with van der Waals surface area (Å²) in [5, 5.41) is 16.2. The lowest BCUT2D eigenvalue weighted by Gasteiger charge is -2.21. The molecule has 168 valence electrons. The van der Waals surface area contributed by atoms with Crippen molar-refractivity contribution in [2.45, 2.75) is 23.3 Å². The van der Waals surface area contributed by atoms with E-state index in [1.165, 1.54) is 23.1 Å². The van der Waals surface area contributed by atoms with Crippen molar-refractivity contribution in [1.29, 1.82) is 0 Å². The van der Waals surface area contributed by atoms with Crippen LogP contribution in [0.4, 0.5) is 0 Å². The first-order chi connectivity index (χ1) is 15.8. The molecule has 0 spiro atoms. The Morgan fingerprint density at radius 2 is 1.97 bits per heavy atom. The number of aromatic nitrogens is 4. The molecule has 0 saturated carbocycles.